The molecule has 0 radical (unpaired) electrons. The van der Waals surface area contributed by atoms with Crippen LogP contribution in [0.15, 0.2) is 23.1 Å². The van der Waals surface area contributed by atoms with Crippen molar-refractivity contribution < 1.29 is 36.3 Å². The Morgan fingerprint density at radius 2 is 1.71 bits per heavy atom. The first-order valence-corrected chi connectivity index (χ1v) is 15.9. The molecule has 2 aromatic rings. The van der Waals surface area contributed by atoms with Gasteiger partial charge in [-0.2, -0.15) is 13.2 Å². The van der Waals surface area contributed by atoms with Crippen molar-refractivity contribution in [2.45, 2.75) is 96.2 Å². The van der Waals surface area contributed by atoms with Crippen LogP contribution in [0.3, 0.4) is 0 Å². The van der Waals surface area contributed by atoms with Gasteiger partial charge in [-0.25, -0.2) is 18.1 Å². The standard InChI is InChI=1S/C28H38F3N3O5S2/c1-26(2,3)34-41(38,39)21-12-11-18(16-19(21)28(29,30)31)22-20(15-17-9-7-6-8-10-17)33-24(40-22)23(35)32-14-13-27(4,5)25(36)37/h11-12,16-17,34H,6-10,13-15H2,1-5H3,(H,32,35)(H,36,37). The number of aromatic nitrogens is 1. The lowest BCUT2D eigenvalue weighted by Gasteiger charge is -2.23. The maximum absolute atomic E-state index is 14.2. The molecule has 1 aromatic carbocycles. The van der Waals surface area contributed by atoms with Crippen LogP contribution in [0.5, 0.6) is 0 Å². The number of nitrogens with one attached hydrogen (secondary N) is 2. The molecule has 0 bridgehead atoms. The molecule has 1 aromatic heterocycles. The van der Waals surface area contributed by atoms with Crippen LogP contribution in [0.25, 0.3) is 10.4 Å². The quantitative estimate of drug-likeness (QED) is 0.289. The lowest BCUT2D eigenvalue weighted by Crippen LogP contribution is -2.41. The molecule has 3 N–H and O–H groups in total. The molecule has 228 valence electrons. The zero-order chi connectivity index (χ0) is 30.8. The van der Waals surface area contributed by atoms with E-state index in [0.717, 1.165) is 55.6 Å². The van der Waals surface area contributed by atoms with Gasteiger partial charge in [0.1, 0.15) is 0 Å². The van der Waals surface area contributed by atoms with Crippen LogP contribution >= 0.6 is 11.3 Å². The molecule has 3 rings (SSSR count). The monoisotopic (exact) mass is 617 g/mol. The number of hydrogen-bond acceptors (Lipinski definition) is 6. The SMILES string of the molecule is CC(C)(C)NS(=O)(=O)c1ccc(-c2sc(C(=O)NCCC(C)(C)C(=O)O)nc2CC2CCCCC2)cc1C(F)(F)F. The zero-order valence-electron chi connectivity index (χ0n) is 23.9. The second kappa shape index (κ2) is 12.4. The summed E-state index contributed by atoms with van der Waals surface area (Å²) in [5.41, 5.74) is -2.72. The third-order valence-corrected chi connectivity index (χ3v) is 9.95. The van der Waals surface area contributed by atoms with Crippen LogP contribution in [-0.4, -0.2) is 42.5 Å². The van der Waals surface area contributed by atoms with Crippen molar-refractivity contribution in [1.82, 2.24) is 15.0 Å². The fraction of sp³-hybridized carbons (Fsp3) is 0.607. The molecule has 13 heteroatoms. The Kier molecular flexibility index (Phi) is 9.97. The number of benzene rings is 1. The van der Waals surface area contributed by atoms with Gasteiger partial charge in [-0.15, -0.1) is 11.3 Å². The lowest BCUT2D eigenvalue weighted by atomic mass is 9.85. The van der Waals surface area contributed by atoms with Crippen LogP contribution in [0.2, 0.25) is 0 Å². The van der Waals surface area contributed by atoms with E-state index in [4.69, 9.17) is 0 Å². The van der Waals surface area contributed by atoms with E-state index in [1.54, 1.807) is 13.8 Å². The normalized spacial score (nSPS) is 15.6. The van der Waals surface area contributed by atoms with Crippen molar-refractivity contribution in [2.75, 3.05) is 6.54 Å². The Morgan fingerprint density at radius 3 is 2.27 bits per heavy atom. The van der Waals surface area contributed by atoms with Gasteiger partial charge in [-0.3, -0.25) is 9.59 Å². The number of carbonyl (C=O) groups is 2. The van der Waals surface area contributed by atoms with Crippen LogP contribution < -0.4 is 10.0 Å². The van der Waals surface area contributed by atoms with E-state index in [1.165, 1.54) is 26.8 Å². The van der Waals surface area contributed by atoms with Crippen molar-refractivity contribution in [1.29, 1.82) is 0 Å². The van der Waals surface area contributed by atoms with Gasteiger partial charge in [0.25, 0.3) is 5.91 Å². The van der Waals surface area contributed by atoms with Crippen molar-refractivity contribution in [3.8, 4) is 10.4 Å². The molecule has 0 saturated heterocycles. The summed E-state index contributed by atoms with van der Waals surface area (Å²) in [5, 5.41) is 12.0. The van der Waals surface area contributed by atoms with Crippen LogP contribution in [0, 0.1) is 11.3 Å². The zero-order valence-corrected chi connectivity index (χ0v) is 25.6. The Hall–Kier alpha value is -2.51. The number of sulfonamides is 1. The highest BCUT2D eigenvalue weighted by molar-refractivity contribution is 7.89. The summed E-state index contributed by atoms with van der Waals surface area (Å²) in [6, 6.07) is 3.08. The molecule has 1 amide bonds. The fourth-order valence-electron chi connectivity index (χ4n) is 4.73. The molecule has 1 heterocycles. The third-order valence-electron chi connectivity index (χ3n) is 6.99. The van der Waals surface area contributed by atoms with Gasteiger partial charge in [0.05, 0.1) is 26.4 Å². The lowest BCUT2D eigenvalue weighted by molar-refractivity contribution is -0.147. The predicted molar refractivity (Wildman–Crippen MR) is 151 cm³/mol. The molecule has 8 nitrogen and oxygen atoms in total. The Morgan fingerprint density at radius 1 is 1.07 bits per heavy atom. The highest BCUT2D eigenvalue weighted by Gasteiger charge is 2.39. The molecular formula is C28H38F3N3O5S2. The summed E-state index contributed by atoms with van der Waals surface area (Å²) in [5.74, 6) is -1.27. The highest BCUT2D eigenvalue weighted by atomic mass is 32.2. The molecule has 1 fully saturated rings. The number of carbonyl (C=O) groups excluding carboxylic acids is 1. The number of alkyl halides is 3. The van der Waals surface area contributed by atoms with E-state index in [-0.39, 0.29) is 29.5 Å². The average molecular weight is 618 g/mol. The largest absolute Gasteiger partial charge is 0.481 e. The van der Waals surface area contributed by atoms with Gasteiger partial charge >= 0.3 is 12.1 Å². The average Bonchev–Trinajstić information content (AvgIpc) is 3.26. The number of amides is 1. The number of thiazole rings is 1. The summed E-state index contributed by atoms with van der Waals surface area (Å²) < 4.78 is 70.6. The van der Waals surface area contributed by atoms with Crippen molar-refractivity contribution in [3.63, 3.8) is 0 Å². The molecule has 1 aliphatic rings. The van der Waals surface area contributed by atoms with Gasteiger partial charge in [0, 0.05) is 12.1 Å². The fourth-order valence-corrected chi connectivity index (χ4v) is 7.37. The van der Waals surface area contributed by atoms with Crippen molar-refractivity contribution in [2.24, 2.45) is 11.3 Å². The van der Waals surface area contributed by atoms with Crippen molar-refractivity contribution in [3.05, 3.63) is 34.5 Å². The molecule has 0 atom stereocenters. The minimum Gasteiger partial charge on any atom is -0.481 e. The van der Waals surface area contributed by atoms with Gasteiger partial charge in [0.15, 0.2) is 5.01 Å². The van der Waals surface area contributed by atoms with E-state index in [2.05, 4.69) is 15.0 Å². The molecular weight excluding hydrogens is 579 g/mol. The predicted octanol–water partition coefficient (Wildman–Crippen LogP) is 6.26. The molecule has 1 saturated carbocycles. The van der Waals surface area contributed by atoms with E-state index in [1.807, 2.05) is 0 Å². The summed E-state index contributed by atoms with van der Waals surface area (Å²) in [7, 11) is -4.49. The smallest absolute Gasteiger partial charge is 0.417 e. The van der Waals surface area contributed by atoms with Crippen molar-refractivity contribution >= 4 is 33.2 Å². The van der Waals surface area contributed by atoms with E-state index >= 15 is 0 Å². The van der Waals surface area contributed by atoms with Crippen LogP contribution in [0.1, 0.15) is 94.2 Å². The van der Waals surface area contributed by atoms with E-state index in [0.29, 0.717) is 17.0 Å². The minimum atomic E-state index is -4.96. The number of carboxylic acid groups (broad SMARTS) is 1. The maximum Gasteiger partial charge on any atom is 0.417 e. The Labute approximate surface area is 243 Å². The van der Waals surface area contributed by atoms with Gasteiger partial charge in [-0.05, 0) is 71.1 Å². The summed E-state index contributed by atoms with van der Waals surface area (Å²) in [4.78, 5) is 28.4. The molecule has 0 aliphatic heterocycles. The molecule has 41 heavy (non-hydrogen) atoms. The highest BCUT2D eigenvalue weighted by Crippen LogP contribution is 2.40. The summed E-state index contributed by atoms with van der Waals surface area (Å²) in [6.07, 6.45) is 0.813. The number of hydrogen-bond donors (Lipinski definition) is 3. The van der Waals surface area contributed by atoms with Crippen LogP contribution in [0.4, 0.5) is 13.2 Å². The summed E-state index contributed by atoms with van der Waals surface area (Å²) >= 11 is 0.944. The van der Waals surface area contributed by atoms with Crippen LogP contribution in [-0.2, 0) is 27.4 Å². The van der Waals surface area contributed by atoms with E-state index < -0.39 is 49.5 Å². The second-order valence-corrected chi connectivity index (χ2v) is 14.9. The first kappa shape index (κ1) is 33.0. The second-order valence-electron chi connectivity index (χ2n) is 12.3. The third kappa shape index (κ3) is 8.74. The first-order chi connectivity index (χ1) is 18.8. The minimum absolute atomic E-state index is 0.0543. The number of carboxylic acids is 1. The number of nitrogens with zero attached hydrogens (tertiary/aromatic N) is 1. The Bertz CT molecular complexity index is 1370. The first-order valence-electron chi connectivity index (χ1n) is 13.6. The van der Waals surface area contributed by atoms with Gasteiger partial charge < -0.3 is 10.4 Å². The maximum atomic E-state index is 14.2. The van der Waals surface area contributed by atoms with Gasteiger partial charge in [-0.1, -0.05) is 38.2 Å². The van der Waals surface area contributed by atoms with E-state index in [9.17, 15) is 36.3 Å². The number of rotatable bonds is 10. The Balaban J connectivity index is 2.02. The molecule has 1 aliphatic carbocycles. The molecule has 0 spiro atoms. The molecule has 0 unspecified atom stereocenters. The summed E-state index contributed by atoms with van der Waals surface area (Å²) in [6.45, 7) is 7.79. The topological polar surface area (TPSA) is 125 Å². The number of aliphatic carboxylic acids is 1. The van der Waals surface area contributed by atoms with Gasteiger partial charge in [0.2, 0.25) is 10.0 Å². The number of halogens is 3.